The Balaban J connectivity index is 1.78. The molecular weight excluding hydrogens is 389 g/mol. The number of benzene rings is 2. The lowest BCUT2D eigenvalue weighted by Crippen LogP contribution is -2.37. The van der Waals surface area contributed by atoms with Crippen molar-refractivity contribution in [3.63, 3.8) is 0 Å². The molecule has 1 saturated carbocycles. The van der Waals surface area contributed by atoms with Crippen molar-refractivity contribution in [2.75, 3.05) is 4.90 Å². The maximum atomic E-state index is 14.9. The lowest BCUT2D eigenvalue weighted by molar-refractivity contribution is 0.409. The summed E-state index contributed by atoms with van der Waals surface area (Å²) in [6.07, 6.45) is 3.34. The highest BCUT2D eigenvalue weighted by atomic mass is 28.3. The van der Waals surface area contributed by atoms with Crippen LogP contribution in [0.4, 0.5) is 15.9 Å². The van der Waals surface area contributed by atoms with Crippen LogP contribution in [-0.4, -0.2) is 19.1 Å². The normalized spacial score (nSPS) is 14.0. The van der Waals surface area contributed by atoms with Crippen LogP contribution in [0.3, 0.4) is 0 Å². The first-order valence-corrected chi connectivity index (χ1v) is 13.9. The van der Waals surface area contributed by atoms with Gasteiger partial charge in [0, 0.05) is 22.6 Å². The lowest BCUT2D eigenvalue weighted by atomic mass is 9.90. The Bertz CT molecular complexity index is 1210. The van der Waals surface area contributed by atoms with E-state index < -0.39 is 8.07 Å². The number of aryl methyl sites for hydroxylation is 1. The fourth-order valence-electron chi connectivity index (χ4n) is 3.81. The molecule has 0 atom stereocenters. The van der Waals surface area contributed by atoms with E-state index >= 15 is 0 Å². The van der Waals surface area contributed by atoms with Gasteiger partial charge in [0.05, 0.1) is 17.2 Å². The average Bonchev–Trinajstić information content (AvgIpc) is 2.98. The lowest BCUT2D eigenvalue weighted by Gasteiger charge is -2.39. The Morgan fingerprint density at radius 3 is 2.50 bits per heavy atom. The summed E-state index contributed by atoms with van der Waals surface area (Å²) in [4.78, 5) is 5.72. The van der Waals surface area contributed by atoms with Crippen LogP contribution in [0.1, 0.15) is 36.0 Å². The number of nitrogens with one attached hydrogen (secondary N) is 1. The van der Waals surface area contributed by atoms with Gasteiger partial charge in [-0.1, -0.05) is 31.6 Å². The second-order valence-corrected chi connectivity index (χ2v) is 13.8. The molecule has 1 aromatic heterocycles. The van der Waals surface area contributed by atoms with Crippen molar-refractivity contribution < 1.29 is 4.39 Å². The molecule has 0 amide bonds. The number of hydrogen-bond acceptors (Lipinski definition) is 2. The molecule has 1 fully saturated rings. The molecule has 1 heterocycles. The molecule has 152 valence electrons. The molecule has 0 spiro atoms. The SMILES string of the molecule is Cc1c(N(c2ccc(C#C[Si](C)(C)C)c(F)c2)C2CCC2)[nH]c2cc(C#N)ccc12. The largest absolute Gasteiger partial charge is 0.341 e. The van der Waals surface area contributed by atoms with E-state index in [9.17, 15) is 9.65 Å². The zero-order valence-corrected chi connectivity index (χ0v) is 18.9. The van der Waals surface area contributed by atoms with Crippen LogP contribution >= 0.6 is 0 Å². The molecule has 1 N–H and O–H groups in total. The van der Waals surface area contributed by atoms with Crippen LogP contribution in [0.5, 0.6) is 0 Å². The average molecular weight is 416 g/mol. The summed E-state index contributed by atoms with van der Waals surface area (Å²) in [6.45, 7) is 8.54. The predicted molar refractivity (Wildman–Crippen MR) is 124 cm³/mol. The minimum Gasteiger partial charge on any atom is -0.341 e. The predicted octanol–water partition coefficient (Wildman–Crippen LogP) is 6.41. The summed E-state index contributed by atoms with van der Waals surface area (Å²) in [7, 11) is -1.57. The van der Waals surface area contributed by atoms with Gasteiger partial charge in [-0.15, -0.1) is 5.54 Å². The minimum atomic E-state index is -1.57. The zero-order valence-electron chi connectivity index (χ0n) is 17.9. The van der Waals surface area contributed by atoms with Gasteiger partial charge in [0.1, 0.15) is 19.7 Å². The van der Waals surface area contributed by atoms with Crippen LogP contribution < -0.4 is 4.90 Å². The highest BCUT2D eigenvalue weighted by Crippen LogP contribution is 2.40. The molecule has 1 aliphatic rings. The first-order chi connectivity index (χ1) is 14.3. The fraction of sp³-hybridized carbons (Fsp3) is 0.320. The van der Waals surface area contributed by atoms with Gasteiger partial charge in [-0.05, 0) is 62.1 Å². The topological polar surface area (TPSA) is 42.8 Å². The first-order valence-electron chi connectivity index (χ1n) is 10.4. The van der Waals surface area contributed by atoms with E-state index in [1.165, 1.54) is 6.42 Å². The molecule has 3 nitrogen and oxygen atoms in total. The van der Waals surface area contributed by atoms with Crippen LogP contribution in [-0.2, 0) is 0 Å². The molecule has 2 aromatic carbocycles. The molecule has 0 aliphatic heterocycles. The van der Waals surface area contributed by atoms with Crippen molar-refractivity contribution in [2.24, 2.45) is 0 Å². The molecule has 3 aromatic rings. The summed E-state index contributed by atoms with van der Waals surface area (Å²) in [6, 6.07) is 13.6. The highest BCUT2D eigenvalue weighted by Gasteiger charge is 2.29. The summed E-state index contributed by atoms with van der Waals surface area (Å²) < 4.78 is 14.9. The van der Waals surface area contributed by atoms with Gasteiger partial charge >= 0.3 is 0 Å². The molecule has 30 heavy (non-hydrogen) atoms. The highest BCUT2D eigenvalue weighted by molar-refractivity contribution is 6.83. The third-order valence-corrected chi connectivity index (χ3v) is 6.52. The number of nitriles is 1. The monoisotopic (exact) mass is 415 g/mol. The van der Waals surface area contributed by atoms with E-state index in [1.54, 1.807) is 12.1 Å². The standard InChI is InChI=1S/C25H26FN3Si/c1-17-22-11-8-18(16-27)14-24(22)28-25(17)29(20-6-5-7-20)21-10-9-19(23(26)15-21)12-13-30(2,3)4/h8-11,14-15,20,28H,5-7H2,1-4H3. The van der Waals surface area contributed by atoms with Crippen LogP contribution in [0, 0.1) is 35.5 Å². The van der Waals surface area contributed by atoms with Crippen molar-refractivity contribution in [2.45, 2.75) is 51.9 Å². The molecule has 0 radical (unpaired) electrons. The van der Waals surface area contributed by atoms with Gasteiger partial charge < -0.3 is 9.88 Å². The fourth-order valence-corrected chi connectivity index (χ4v) is 4.32. The van der Waals surface area contributed by atoms with Crippen molar-refractivity contribution >= 4 is 30.5 Å². The van der Waals surface area contributed by atoms with Gasteiger partial charge in [-0.2, -0.15) is 5.26 Å². The maximum Gasteiger partial charge on any atom is 0.140 e. The number of hydrogen-bond donors (Lipinski definition) is 1. The van der Waals surface area contributed by atoms with E-state index in [0.717, 1.165) is 40.8 Å². The van der Waals surface area contributed by atoms with E-state index in [4.69, 9.17) is 0 Å². The number of fused-ring (bicyclic) bond motifs is 1. The number of aromatic amines is 1. The third kappa shape index (κ3) is 3.86. The summed E-state index contributed by atoms with van der Waals surface area (Å²) in [5, 5.41) is 10.3. The minimum absolute atomic E-state index is 0.275. The maximum absolute atomic E-state index is 14.9. The van der Waals surface area contributed by atoms with Crippen molar-refractivity contribution in [1.82, 2.24) is 4.98 Å². The van der Waals surface area contributed by atoms with Gasteiger partial charge in [0.2, 0.25) is 0 Å². The molecule has 4 rings (SSSR count). The van der Waals surface area contributed by atoms with Crippen molar-refractivity contribution in [3.8, 4) is 17.5 Å². The quantitative estimate of drug-likeness (QED) is 0.397. The molecule has 1 aliphatic carbocycles. The van der Waals surface area contributed by atoms with Crippen molar-refractivity contribution in [3.05, 3.63) is 58.9 Å². The number of halogens is 1. The first kappa shape index (κ1) is 20.3. The van der Waals surface area contributed by atoms with E-state index in [2.05, 4.69) is 54.0 Å². The number of nitrogens with zero attached hydrogens (tertiary/aromatic N) is 2. The van der Waals surface area contributed by atoms with Crippen LogP contribution in [0.15, 0.2) is 36.4 Å². The Hall–Kier alpha value is -3.02. The smallest absolute Gasteiger partial charge is 0.140 e. The summed E-state index contributed by atoms with van der Waals surface area (Å²) in [5.41, 5.74) is 7.22. The Morgan fingerprint density at radius 2 is 1.90 bits per heavy atom. The molecule has 0 unspecified atom stereocenters. The van der Waals surface area contributed by atoms with E-state index in [0.29, 0.717) is 17.2 Å². The Labute approximate surface area is 178 Å². The number of aromatic nitrogens is 1. The Kier molecular flexibility index (Phi) is 5.18. The van der Waals surface area contributed by atoms with Crippen LogP contribution in [0.2, 0.25) is 19.6 Å². The molecule has 5 heteroatoms. The third-order valence-electron chi connectivity index (χ3n) is 5.64. The zero-order chi connectivity index (χ0) is 21.5. The molecular formula is C25H26FN3Si. The number of rotatable bonds is 3. The van der Waals surface area contributed by atoms with Gasteiger partial charge in [0.15, 0.2) is 0 Å². The second-order valence-electron chi connectivity index (χ2n) is 9.09. The summed E-state index contributed by atoms with van der Waals surface area (Å²) in [5.74, 6) is 3.74. The number of anilines is 2. The summed E-state index contributed by atoms with van der Waals surface area (Å²) >= 11 is 0. The van der Waals surface area contributed by atoms with E-state index in [1.807, 2.05) is 24.3 Å². The van der Waals surface area contributed by atoms with Gasteiger partial charge in [-0.3, -0.25) is 0 Å². The molecule has 0 saturated heterocycles. The van der Waals surface area contributed by atoms with Gasteiger partial charge in [0.25, 0.3) is 0 Å². The molecule has 0 bridgehead atoms. The Morgan fingerprint density at radius 1 is 1.13 bits per heavy atom. The van der Waals surface area contributed by atoms with Gasteiger partial charge in [-0.25, -0.2) is 4.39 Å². The van der Waals surface area contributed by atoms with Crippen LogP contribution in [0.25, 0.3) is 10.9 Å². The number of H-pyrrole nitrogens is 1. The second kappa shape index (κ2) is 7.67. The van der Waals surface area contributed by atoms with Crippen molar-refractivity contribution in [1.29, 1.82) is 5.26 Å². The van der Waals surface area contributed by atoms with E-state index in [-0.39, 0.29) is 5.82 Å².